The van der Waals surface area contributed by atoms with Crippen LogP contribution in [0.25, 0.3) is 0 Å². The highest BCUT2D eigenvalue weighted by atomic mass is 35.5. The first kappa shape index (κ1) is 11.9. The molecule has 1 aromatic carbocycles. The summed E-state index contributed by atoms with van der Waals surface area (Å²) in [7, 11) is 1.49. The van der Waals surface area contributed by atoms with Gasteiger partial charge in [-0.2, -0.15) is 0 Å². The van der Waals surface area contributed by atoms with Gasteiger partial charge in [0.15, 0.2) is 0 Å². The molecule has 4 nitrogen and oxygen atoms in total. The Morgan fingerprint density at radius 1 is 1.41 bits per heavy atom. The minimum Gasteiger partial charge on any atom is -0.495 e. The summed E-state index contributed by atoms with van der Waals surface area (Å²) in [5.41, 5.74) is 0.272. The number of halogens is 1. The van der Waals surface area contributed by atoms with Gasteiger partial charge in [0.05, 0.1) is 12.1 Å². The number of amides is 1. The molecule has 0 unspecified atom stereocenters. The van der Waals surface area contributed by atoms with Crippen LogP contribution in [-0.4, -0.2) is 24.8 Å². The lowest BCUT2D eigenvalue weighted by Crippen LogP contribution is -2.32. The second-order valence-electron chi connectivity index (χ2n) is 3.93. The average Bonchev–Trinajstić information content (AvgIpc) is 3.11. The molecule has 1 saturated carbocycles. The van der Waals surface area contributed by atoms with Gasteiger partial charge in [0, 0.05) is 11.6 Å². The average molecular weight is 254 g/mol. The second-order valence-corrected chi connectivity index (χ2v) is 4.33. The number of carbonyl (C=O) groups excluding carboxylic acids is 2. The zero-order valence-electron chi connectivity index (χ0n) is 9.33. The molecular formula is C12H12ClNO3. The molecule has 2 rings (SSSR count). The zero-order chi connectivity index (χ0) is 12.4. The summed E-state index contributed by atoms with van der Waals surface area (Å²) < 4.78 is 4.97. The number of hydrogen-bond acceptors (Lipinski definition) is 3. The maximum atomic E-state index is 11.7. The highest BCUT2D eigenvalue weighted by Crippen LogP contribution is 2.25. The van der Waals surface area contributed by atoms with Crippen LogP contribution in [0.15, 0.2) is 18.2 Å². The van der Waals surface area contributed by atoms with Crippen LogP contribution < -0.4 is 10.1 Å². The largest absolute Gasteiger partial charge is 0.495 e. The van der Waals surface area contributed by atoms with Crippen molar-refractivity contribution in [2.75, 3.05) is 7.11 Å². The Labute approximate surface area is 104 Å². The van der Waals surface area contributed by atoms with E-state index in [2.05, 4.69) is 5.32 Å². The number of ketones is 1. The SMILES string of the molecule is COc1ccc(C(=O)C(=O)NC2CC2)cc1Cl. The van der Waals surface area contributed by atoms with Gasteiger partial charge < -0.3 is 10.1 Å². The van der Waals surface area contributed by atoms with Crippen LogP contribution in [0.5, 0.6) is 5.75 Å². The molecule has 0 atom stereocenters. The summed E-state index contributed by atoms with van der Waals surface area (Å²) in [6.45, 7) is 0. The summed E-state index contributed by atoms with van der Waals surface area (Å²) in [6.07, 6.45) is 1.89. The Bertz CT molecular complexity index is 469. The highest BCUT2D eigenvalue weighted by molar-refractivity contribution is 6.43. The fourth-order valence-corrected chi connectivity index (χ4v) is 1.68. The second kappa shape index (κ2) is 4.75. The number of benzene rings is 1. The predicted octanol–water partition coefficient (Wildman–Crippen LogP) is 1.81. The maximum Gasteiger partial charge on any atom is 0.292 e. The zero-order valence-corrected chi connectivity index (χ0v) is 10.1. The van der Waals surface area contributed by atoms with E-state index in [1.165, 1.54) is 19.2 Å². The van der Waals surface area contributed by atoms with Crippen LogP contribution in [0.2, 0.25) is 5.02 Å². The lowest BCUT2D eigenvalue weighted by molar-refractivity contribution is -0.117. The van der Waals surface area contributed by atoms with E-state index in [9.17, 15) is 9.59 Å². The van der Waals surface area contributed by atoms with E-state index in [-0.39, 0.29) is 11.6 Å². The van der Waals surface area contributed by atoms with E-state index in [0.717, 1.165) is 12.8 Å². The minimum atomic E-state index is -0.575. The topological polar surface area (TPSA) is 55.4 Å². The minimum absolute atomic E-state index is 0.167. The summed E-state index contributed by atoms with van der Waals surface area (Å²) in [5, 5.41) is 2.95. The van der Waals surface area contributed by atoms with Crippen LogP contribution in [0.3, 0.4) is 0 Å². The quantitative estimate of drug-likeness (QED) is 0.658. The maximum absolute atomic E-state index is 11.7. The number of carbonyl (C=O) groups is 2. The Balaban J connectivity index is 2.12. The molecule has 0 saturated heterocycles. The van der Waals surface area contributed by atoms with E-state index in [1.54, 1.807) is 6.07 Å². The van der Waals surface area contributed by atoms with Gasteiger partial charge >= 0.3 is 0 Å². The van der Waals surface area contributed by atoms with Crippen molar-refractivity contribution in [1.29, 1.82) is 0 Å². The number of ether oxygens (including phenoxy) is 1. The van der Waals surface area contributed by atoms with E-state index in [1.807, 2.05) is 0 Å². The number of Topliss-reactive ketones (excluding diaryl/α,β-unsaturated/α-hetero) is 1. The van der Waals surface area contributed by atoms with E-state index < -0.39 is 11.7 Å². The van der Waals surface area contributed by atoms with Gasteiger partial charge in [0.1, 0.15) is 5.75 Å². The van der Waals surface area contributed by atoms with Crippen molar-refractivity contribution in [2.45, 2.75) is 18.9 Å². The molecule has 1 fully saturated rings. The molecule has 1 N–H and O–H groups in total. The molecular weight excluding hydrogens is 242 g/mol. The summed E-state index contributed by atoms with van der Waals surface area (Å²) in [5.74, 6) is -0.666. The van der Waals surface area contributed by atoms with Crippen molar-refractivity contribution in [3.05, 3.63) is 28.8 Å². The third kappa shape index (κ3) is 2.77. The molecule has 0 aromatic heterocycles. The van der Waals surface area contributed by atoms with E-state index in [0.29, 0.717) is 10.8 Å². The first-order valence-corrected chi connectivity index (χ1v) is 5.68. The standard InChI is InChI=1S/C12H12ClNO3/c1-17-10-5-2-7(6-9(10)13)11(15)12(16)14-8-3-4-8/h2,5-6,8H,3-4H2,1H3,(H,14,16). The molecule has 1 aliphatic rings. The molecule has 0 radical (unpaired) electrons. The fraction of sp³-hybridized carbons (Fsp3) is 0.333. The molecule has 90 valence electrons. The van der Waals surface area contributed by atoms with Crippen molar-refractivity contribution in [3.8, 4) is 5.75 Å². The monoisotopic (exact) mass is 253 g/mol. The van der Waals surface area contributed by atoms with Gasteiger partial charge in [0.2, 0.25) is 5.78 Å². The Morgan fingerprint density at radius 3 is 2.65 bits per heavy atom. The van der Waals surface area contributed by atoms with Gasteiger partial charge in [-0.05, 0) is 31.0 Å². The lowest BCUT2D eigenvalue weighted by atomic mass is 10.1. The van der Waals surface area contributed by atoms with Gasteiger partial charge in [0.25, 0.3) is 5.91 Å². The Hall–Kier alpha value is -1.55. The van der Waals surface area contributed by atoms with Gasteiger partial charge in [-0.15, -0.1) is 0 Å². The number of rotatable bonds is 4. The van der Waals surface area contributed by atoms with Crippen molar-refractivity contribution >= 4 is 23.3 Å². The molecule has 5 heteroatoms. The lowest BCUT2D eigenvalue weighted by Gasteiger charge is -2.05. The third-order valence-corrected chi connectivity index (χ3v) is 2.83. The van der Waals surface area contributed by atoms with E-state index >= 15 is 0 Å². The van der Waals surface area contributed by atoms with Crippen LogP contribution in [-0.2, 0) is 4.79 Å². The highest BCUT2D eigenvalue weighted by Gasteiger charge is 2.27. The predicted molar refractivity (Wildman–Crippen MR) is 63.5 cm³/mol. The molecule has 0 spiro atoms. The van der Waals surface area contributed by atoms with Crippen molar-refractivity contribution in [2.24, 2.45) is 0 Å². The molecule has 0 heterocycles. The van der Waals surface area contributed by atoms with Crippen molar-refractivity contribution in [3.63, 3.8) is 0 Å². The number of nitrogens with one attached hydrogen (secondary N) is 1. The molecule has 0 bridgehead atoms. The molecule has 1 amide bonds. The van der Waals surface area contributed by atoms with Crippen LogP contribution >= 0.6 is 11.6 Å². The number of hydrogen-bond donors (Lipinski definition) is 1. The third-order valence-electron chi connectivity index (χ3n) is 2.53. The van der Waals surface area contributed by atoms with Crippen molar-refractivity contribution < 1.29 is 14.3 Å². The Morgan fingerprint density at radius 2 is 2.12 bits per heavy atom. The van der Waals surface area contributed by atoms with Crippen LogP contribution in [0.1, 0.15) is 23.2 Å². The van der Waals surface area contributed by atoms with Gasteiger partial charge in [-0.1, -0.05) is 11.6 Å². The van der Waals surface area contributed by atoms with Gasteiger partial charge in [-0.25, -0.2) is 0 Å². The smallest absolute Gasteiger partial charge is 0.292 e. The normalized spacial score (nSPS) is 14.2. The number of methoxy groups -OCH3 is 1. The van der Waals surface area contributed by atoms with E-state index in [4.69, 9.17) is 16.3 Å². The van der Waals surface area contributed by atoms with Crippen molar-refractivity contribution in [1.82, 2.24) is 5.32 Å². The molecule has 17 heavy (non-hydrogen) atoms. The molecule has 0 aliphatic heterocycles. The summed E-state index contributed by atoms with van der Waals surface area (Å²) >= 11 is 5.89. The van der Waals surface area contributed by atoms with Crippen LogP contribution in [0, 0.1) is 0 Å². The summed E-state index contributed by atoms with van der Waals surface area (Å²) in [6, 6.07) is 4.70. The first-order chi connectivity index (χ1) is 8.11. The molecule has 1 aromatic rings. The summed E-state index contributed by atoms with van der Waals surface area (Å²) in [4.78, 5) is 23.3. The molecule has 1 aliphatic carbocycles. The Kier molecular flexibility index (Phi) is 3.33. The first-order valence-electron chi connectivity index (χ1n) is 5.30. The van der Waals surface area contributed by atoms with Gasteiger partial charge in [-0.3, -0.25) is 9.59 Å². The van der Waals surface area contributed by atoms with Crippen LogP contribution in [0.4, 0.5) is 0 Å². The fourth-order valence-electron chi connectivity index (χ4n) is 1.42.